The van der Waals surface area contributed by atoms with Crippen LogP contribution < -0.4 is 0 Å². The second-order valence-corrected chi connectivity index (χ2v) is 7.12. The van der Waals surface area contributed by atoms with E-state index in [9.17, 15) is 4.79 Å². The van der Waals surface area contributed by atoms with Gasteiger partial charge in [0.1, 0.15) is 0 Å². The molecule has 3 rings (SSSR count). The van der Waals surface area contributed by atoms with Gasteiger partial charge >= 0.3 is 5.97 Å². The van der Waals surface area contributed by atoms with Crippen molar-refractivity contribution in [2.75, 3.05) is 13.7 Å². The van der Waals surface area contributed by atoms with E-state index in [2.05, 4.69) is 15.1 Å². The van der Waals surface area contributed by atoms with Crippen LogP contribution in [0.3, 0.4) is 0 Å². The van der Waals surface area contributed by atoms with Crippen LogP contribution in [0.25, 0.3) is 22.3 Å². The highest BCUT2D eigenvalue weighted by molar-refractivity contribution is 5.90. The molecule has 29 heavy (non-hydrogen) atoms. The Morgan fingerprint density at radius 1 is 1.00 bits per heavy atom. The lowest BCUT2D eigenvalue weighted by Gasteiger charge is -2.05. The van der Waals surface area contributed by atoms with Crippen molar-refractivity contribution in [3.63, 3.8) is 0 Å². The van der Waals surface area contributed by atoms with Gasteiger partial charge in [0.05, 0.1) is 42.0 Å². The molecule has 0 spiro atoms. The predicted octanol–water partition coefficient (Wildman–Crippen LogP) is 4.00. The van der Waals surface area contributed by atoms with Crippen LogP contribution >= 0.6 is 0 Å². The van der Waals surface area contributed by atoms with Crippen LogP contribution in [0.4, 0.5) is 0 Å². The number of fused-ring (bicyclic) bond motifs is 1. The fourth-order valence-electron chi connectivity index (χ4n) is 3.37. The quantitative estimate of drug-likeness (QED) is 0.389. The molecular weight excluding hydrogens is 368 g/mol. The number of methoxy groups -OCH3 is 1. The molecule has 0 amide bonds. The van der Waals surface area contributed by atoms with Crippen molar-refractivity contribution in [1.29, 1.82) is 0 Å². The SMILES string of the molecule is COC(=O)c1ccnc(-c2cc3cnn(CCCCCCCCCO)c3cn2)c1. The molecule has 154 valence electrons. The maximum Gasteiger partial charge on any atom is 0.337 e. The van der Waals surface area contributed by atoms with Crippen molar-refractivity contribution in [1.82, 2.24) is 19.7 Å². The lowest BCUT2D eigenvalue weighted by Crippen LogP contribution is -2.02. The van der Waals surface area contributed by atoms with E-state index in [1.54, 1.807) is 18.3 Å². The molecule has 7 nitrogen and oxygen atoms in total. The number of aromatic nitrogens is 4. The minimum atomic E-state index is -0.393. The van der Waals surface area contributed by atoms with E-state index < -0.39 is 5.97 Å². The van der Waals surface area contributed by atoms with Gasteiger partial charge in [0.15, 0.2) is 0 Å². The largest absolute Gasteiger partial charge is 0.465 e. The third-order valence-corrected chi connectivity index (χ3v) is 5.00. The summed E-state index contributed by atoms with van der Waals surface area (Å²) in [6, 6.07) is 5.26. The Kier molecular flexibility index (Phi) is 7.69. The van der Waals surface area contributed by atoms with Crippen molar-refractivity contribution in [3.8, 4) is 11.4 Å². The van der Waals surface area contributed by atoms with Crippen LogP contribution in [0.15, 0.2) is 36.8 Å². The Morgan fingerprint density at radius 2 is 1.72 bits per heavy atom. The molecule has 0 bridgehead atoms. The van der Waals surface area contributed by atoms with Crippen LogP contribution in [0, 0.1) is 0 Å². The van der Waals surface area contributed by atoms with Crippen LogP contribution in [0.5, 0.6) is 0 Å². The van der Waals surface area contributed by atoms with Crippen LogP contribution in [-0.2, 0) is 11.3 Å². The Labute approximate surface area is 170 Å². The topological polar surface area (TPSA) is 90.1 Å². The summed E-state index contributed by atoms with van der Waals surface area (Å²) in [7, 11) is 1.36. The highest BCUT2D eigenvalue weighted by Crippen LogP contribution is 2.22. The average molecular weight is 396 g/mol. The summed E-state index contributed by atoms with van der Waals surface area (Å²) in [6.07, 6.45) is 13.2. The van der Waals surface area contributed by atoms with Crippen molar-refractivity contribution < 1.29 is 14.6 Å². The molecule has 0 saturated carbocycles. The fraction of sp³-hybridized carbons (Fsp3) is 0.455. The number of nitrogens with zero attached hydrogens (tertiary/aromatic N) is 4. The van der Waals surface area contributed by atoms with Crippen LogP contribution in [0.1, 0.15) is 55.3 Å². The van der Waals surface area contributed by atoms with Crippen LogP contribution in [-0.4, -0.2) is 44.5 Å². The number of carbonyl (C=O) groups excluding carboxylic acids is 1. The number of rotatable bonds is 11. The monoisotopic (exact) mass is 396 g/mol. The van der Waals surface area contributed by atoms with E-state index >= 15 is 0 Å². The van der Waals surface area contributed by atoms with E-state index in [1.807, 2.05) is 23.1 Å². The highest BCUT2D eigenvalue weighted by Gasteiger charge is 2.11. The number of pyridine rings is 2. The molecule has 0 unspecified atom stereocenters. The second kappa shape index (κ2) is 10.7. The lowest BCUT2D eigenvalue weighted by atomic mass is 10.1. The number of hydrogen-bond donors (Lipinski definition) is 1. The van der Waals surface area contributed by atoms with Gasteiger partial charge in [-0.25, -0.2) is 4.79 Å². The molecule has 1 N–H and O–H groups in total. The van der Waals surface area contributed by atoms with Gasteiger partial charge in [-0.1, -0.05) is 32.1 Å². The molecule has 3 heterocycles. The average Bonchev–Trinajstić information content (AvgIpc) is 3.17. The minimum Gasteiger partial charge on any atom is -0.465 e. The second-order valence-electron chi connectivity index (χ2n) is 7.12. The zero-order valence-corrected chi connectivity index (χ0v) is 16.9. The number of carbonyl (C=O) groups is 1. The van der Waals surface area contributed by atoms with E-state index in [1.165, 1.54) is 32.8 Å². The number of aliphatic hydroxyl groups is 1. The first kappa shape index (κ1) is 20.9. The molecule has 0 radical (unpaired) electrons. The summed E-state index contributed by atoms with van der Waals surface area (Å²) >= 11 is 0. The summed E-state index contributed by atoms with van der Waals surface area (Å²) in [5.74, 6) is -0.393. The van der Waals surface area contributed by atoms with Crippen molar-refractivity contribution in [2.45, 2.75) is 51.5 Å². The van der Waals surface area contributed by atoms with E-state index in [4.69, 9.17) is 9.84 Å². The van der Waals surface area contributed by atoms with Gasteiger partial charge in [-0.3, -0.25) is 14.6 Å². The molecule has 3 aromatic rings. The van der Waals surface area contributed by atoms with E-state index in [-0.39, 0.29) is 0 Å². The van der Waals surface area contributed by atoms with Crippen molar-refractivity contribution in [3.05, 3.63) is 42.4 Å². The zero-order chi connectivity index (χ0) is 20.5. The van der Waals surface area contributed by atoms with Gasteiger partial charge in [-0.2, -0.15) is 5.10 Å². The summed E-state index contributed by atoms with van der Waals surface area (Å²) in [4.78, 5) is 20.6. The normalized spacial score (nSPS) is 11.1. The molecule has 7 heteroatoms. The number of aliphatic hydroxyl groups excluding tert-OH is 1. The summed E-state index contributed by atoms with van der Waals surface area (Å²) in [5.41, 5.74) is 2.78. The molecule has 0 aliphatic heterocycles. The Morgan fingerprint density at radius 3 is 2.48 bits per heavy atom. The van der Waals surface area contributed by atoms with Gasteiger partial charge in [-0.15, -0.1) is 0 Å². The number of ether oxygens (including phenoxy) is 1. The first-order valence-corrected chi connectivity index (χ1v) is 10.2. The molecule has 0 saturated heterocycles. The van der Waals surface area contributed by atoms with E-state index in [0.717, 1.165) is 36.7 Å². The Hall–Kier alpha value is -2.80. The summed E-state index contributed by atoms with van der Waals surface area (Å²) in [5, 5.41) is 14.3. The van der Waals surface area contributed by atoms with Crippen LogP contribution in [0.2, 0.25) is 0 Å². The van der Waals surface area contributed by atoms with Gasteiger partial charge in [-0.05, 0) is 31.0 Å². The van der Waals surface area contributed by atoms with Gasteiger partial charge in [0.2, 0.25) is 0 Å². The zero-order valence-electron chi connectivity index (χ0n) is 16.9. The molecule has 0 aliphatic carbocycles. The third kappa shape index (κ3) is 5.60. The van der Waals surface area contributed by atoms with Crippen molar-refractivity contribution in [2.24, 2.45) is 0 Å². The maximum absolute atomic E-state index is 11.7. The summed E-state index contributed by atoms with van der Waals surface area (Å²) < 4.78 is 6.77. The molecular formula is C22H28N4O3. The smallest absolute Gasteiger partial charge is 0.337 e. The molecule has 0 fully saturated rings. The minimum absolute atomic E-state index is 0.300. The Bertz CT molecular complexity index is 939. The van der Waals surface area contributed by atoms with E-state index in [0.29, 0.717) is 23.6 Å². The number of esters is 1. The lowest BCUT2D eigenvalue weighted by molar-refractivity contribution is 0.0600. The third-order valence-electron chi connectivity index (χ3n) is 5.00. The fourth-order valence-corrected chi connectivity index (χ4v) is 3.37. The van der Waals surface area contributed by atoms with Gasteiger partial charge < -0.3 is 9.84 Å². The molecule has 0 atom stereocenters. The number of unbranched alkanes of at least 4 members (excludes halogenated alkanes) is 6. The van der Waals surface area contributed by atoms with Gasteiger partial charge in [0, 0.05) is 24.7 Å². The maximum atomic E-state index is 11.7. The predicted molar refractivity (Wildman–Crippen MR) is 112 cm³/mol. The van der Waals surface area contributed by atoms with Crippen molar-refractivity contribution >= 4 is 16.9 Å². The molecule has 0 aromatic carbocycles. The number of hydrogen-bond acceptors (Lipinski definition) is 6. The number of aryl methyl sites for hydroxylation is 1. The molecule has 3 aromatic heterocycles. The highest BCUT2D eigenvalue weighted by atomic mass is 16.5. The molecule has 0 aliphatic rings. The Balaban J connectivity index is 1.59. The summed E-state index contributed by atoms with van der Waals surface area (Å²) in [6.45, 7) is 1.17. The standard InChI is InChI=1S/C22H28N4O3/c1-29-22(28)17-9-10-23-19(13-17)20-14-18-15-25-26(21(18)16-24-20)11-7-5-3-2-4-6-8-12-27/h9-10,13-16,27H,2-8,11-12H2,1H3. The first-order chi connectivity index (χ1) is 14.2. The first-order valence-electron chi connectivity index (χ1n) is 10.2. The van der Waals surface area contributed by atoms with Gasteiger partial charge in [0.25, 0.3) is 0 Å².